The molecule has 3 aromatic carbocycles. The summed E-state index contributed by atoms with van der Waals surface area (Å²) < 4.78 is 0. The molecule has 234 valence electrons. The highest BCUT2D eigenvalue weighted by molar-refractivity contribution is 5.82. The van der Waals surface area contributed by atoms with E-state index in [1.807, 2.05) is 26.0 Å². The van der Waals surface area contributed by atoms with Crippen molar-refractivity contribution in [1.29, 1.82) is 0 Å². The maximum atomic E-state index is 3.94. The van der Waals surface area contributed by atoms with Gasteiger partial charge in [-0.1, -0.05) is 172 Å². The third kappa shape index (κ3) is 14.0. The molecule has 3 aromatic rings. The van der Waals surface area contributed by atoms with Crippen LogP contribution in [0.3, 0.4) is 0 Å². The van der Waals surface area contributed by atoms with E-state index in [1.165, 1.54) is 67.7 Å². The summed E-state index contributed by atoms with van der Waals surface area (Å²) in [6.07, 6.45) is 16.1. The van der Waals surface area contributed by atoms with E-state index in [1.54, 1.807) is 0 Å². The van der Waals surface area contributed by atoms with Crippen LogP contribution >= 0.6 is 0 Å². The average Bonchev–Trinajstić information content (AvgIpc) is 3.05. The fourth-order valence-corrected chi connectivity index (χ4v) is 4.19. The van der Waals surface area contributed by atoms with Crippen LogP contribution in [-0.2, 0) is 0 Å². The molecule has 0 bridgehead atoms. The highest BCUT2D eigenvalue weighted by Crippen LogP contribution is 2.25. The molecule has 0 N–H and O–H groups in total. The second-order valence-corrected chi connectivity index (χ2v) is 11.7. The lowest BCUT2D eigenvalue weighted by Crippen LogP contribution is -1.93. The zero-order valence-corrected chi connectivity index (χ0v) is 29.4. The number of aryl methyl sites for hydroxylation is 3. The molecule has 0 heteroatoms. The van der Waals surface area contributed by atoms with Gasteiger partial charge in [0.2, 0.25) is 0 Å². The van der Waals surface area contributed by atoms with E-state index in [0.717, 1.165) is 18.8 Å². The molecule has 44 heavy (non-hydrogen) atoms. The molecule has 0 nitrogen and oxygen atoms in total. The largest absolute Gasteiger partial charge is 0.0996 e. The van der Waals surface area contributed by atoms with Crippen LogP contribution in [0.15, 0.2) is 115 Å². The minimum Gasteiger partial charge on any atom is -0.0996 e. The second-order valence-electron chi connectivity index (χ2n) is 11.7. The summed E-state index contributed by atoms with van der Waals surface area (Å²) in [5, 5.41) is 0. The van der Waals surface area contributed by atoms with E-state index in [-0.39, 0.29) is 0 Å². The Bertz CT molecular complexity index is 1420. The summed E-state index contributed by atoms with van der Waals surface area (Å²) in [7, 11) is 0. The van der Waals surface area contributed by atoms with Gasteiger partial charge in [0.05, 0.1) is 0 Å². The number of hydrogen-bond donors (Lipinski definition) is 0. The molecule has 0 aliphatic heterocycles. The van der Waals surface area contributed by atoms with Crippen molar-refractivity contribution in [3.05, 3.63) is 154 Å². The zero-order chi connectivity index (χ0) is 33.1. The fourth-order valence-electron chi connectivity index (χ4n) is 4.19. The van der Waals surface area contributed by atoms with Crippen LogP contribution in [0.25, 0.3) is 23.8 Å². The molecule has 0 aliphatic carbocycles. The first-order valence-corrected chi connectivity index (χ1v) is 16.2. The van der Waals surface area contributed by atoms with Gasteiger partial charge in [-0.2, -0.15) is 0 Å². The van der Waals surface area contributed by atoms with Crippen LogP contribution < -0.4 is 0 Å². The van der Waals surface area contributed by atoms with Gasteiger partial charge in [-0.3, -0.25) is 0 Å². The van der Waals surface area contributed by atoms with E-state index >= 15 is 0 Å². The quantitative estimate of drug-likeness (QED) is 0.126. The number of benzene rings is 3. The van der Waals surface area contributed by atoms with Crippen molar-refractivity contribution in [1.82, 2.24) is 0 Å². The van der Waals surface area contributed by atoms with Crippen LogP contribution in [0.4, 0.5) is 0 Å². The van der Waals surface area contributed by atoms with Crippen LogP contribution in [0.1, 0.15) is 107 Å². The molecule has 0 spiro atoms. The molecule has 0 aromatic heterocycles. The fraction of sp³-hybridized carbons (Fsp3) is 0.318. The molecule has 0 saturated heterocycles. The lowest BCUT2D eigenvalue weighted by molar-refractivity contribution is 0.636. The molecule has 1 atom stereocenters. The molecule has 3 rings (SSSR count). The molecule has 0 saturated carbocycles. The standard InChI is InChI=1S/C30H32.C8H16.C6H10/c1-6-24(4)30(20-19-29-21-23(3)7-10-25(29)5)28-17-15-27(16-18-28)14-13-26-11-8-22(2)9-12-26;1-5-7(3)8(4)6-2;1-4-6(3)5-2/h7-21H,6H2,1-5H3;8H,3,5-6H2,1-2,4H3;4-5H,1H2,2-3H3/b14-13+,20-19-,30-24+;;6-5-. The first-order valence-electron chi connectivity index (χ1n) is 16.2. The van der Waals surface area contributed by atoms with Crippen molar-refractivity contribution in [3.63, 3.8) is 0 Å². The molecular formula is C44H58. The van der Waals surface area contributed by atoms with Crippen LogP contribution in [0.5, 0.6) is 0 Å². The van der Waals surface area contributed by atoms with E-state index < -0.39 is 0 Å². The Hall–Kier alpha value is -3.90. The SMILES string of the molecule is C=C(CC)C(C)CC.C=C/C(C)=C\C.CC/C(C)=C(\C=C/c1cc(C)ccc1C)c1ccc(/C=C/c2ccc(C)cc2)cc1. The van der Waals surface area contributed by atoms with Gasteiger partial charge in [0, 0.05) is 0 Å². The molecule has 0 amide bonds. The Morgan fingerprint density at radius 2 is 1.30 bits per heavy atom. The topological polar surface area (TPSA) is 0 Å². The Morgan fingerprint density at radius 1 is 0.750 bits per heavy atom. The number of allylic oxidation sites excluding steroid dienone is 7. The highest BCUT2D eigenvalue weighted by atomic mass is 14.1. The van der Waals surface area contributed by atoms with Crippen molar-refractivity contribution in [2.24, 2.45) is 5.92 Å². The summed E-state index contributed by atoms with van der Waals surface area (Å²) >= 11 is 0. The Kier molecular flexibility index (Phi) is 18.1. The zero-order valence-electron chi connectivity index (χ0n) is 29.4. The summed E-state index contributed by atoms with van der Waals surface area (Å²) in [6, 6.07) is 24.1. The van der Waals surface area contributed by atoms with Crippen molar-refractivity contribution >= 4 is 23.8 Å². The molecular weight excluding hydrogens is 528 g/mol. The Balaban J connectivity index is 0.000000575. The predicted molar refractivity (Wildman–Crippen MR) is 203 cm³/mol. The van der Waals surface area contributed by atoms with Gasteiger partial charge < -0.3 is 0 Å². The van der Waals surface area contributed by atoms with Crippen LogP contribution in [-0.4, -0.2) is 0 Å². The van der Waals surface area contributed by atoms with Gasteiger partial charge >= 0.3 is 0 Å². The first kappa shape index (κ1) is 38.1. The van der Waals surface area contributed by atoms with E-state index in [2.05, 4.69) is 160 Å². The Morgan fingerprint density at radius 3 is 1.73 bits per heavy atom. The van der Waals surface area contributed by atoms with Crippen molar-refractivity contribution < 1.29 is 0 Å². The average molecular weight is 587 g/mol. The smallest absolute Gasteiger partial charge is 0.0184 e. The predicted octanol–water partition coefficient (Wildman–Crippen LogP) is 13.8. The van der Waals surface area contributed by atoms with Gasteiger partial charge in [-0.15, -0.1) is 0 Å². The maximum Gasteiger partial charge on any atom is -0.0184 e. The normalized spacial score (nSPS) is 12.5. The van der Waals surface area contributed by atoms with E-state index in [0.29, 0.717) is 0 Å². The molecule has 0 heterocycles. The summed E-state index contributed by atoms with van der Waals surface area (Å²) in [5.41, 5.74) is 14.2. The van der Waals surface area contributed by atoms with Crippen molar-refractivity contribution in [2.45, 2.75) is 88.5 Å². The van der Waals surface area contributed by atoms with Gasteiger partial charge in [0.25, 0.3) is 0 Å². The molecule has 1 unspecified atom stereocenters. The number of hydrogen-bond acceptors (Lipinski definition) is 0. The third-order valence-electron chi connectivity index (χ3n) is 8.16. The Labute approximate surface area is 271 Å². The monoisotopic (exact) mass is 586 g/mol. The summed E-state index contributed by atoms with van der Waals surface area (Å²) in [6.45, 7) is 29.0. The highest BCUT2D eigenvalue weighted by Gasteiger charge is 2.04. The van der Waals surface area contributed by atoms with Gasteiger partial charge in [-0.25, -0.2) is 0 Å². The molecule has 0 radical (unpaired) electrons. The minimum atomic E-state index is 0.722. The third-order valence-corrected chi connectivity index (χ3v) is 8.16. The van der Waals surface area contributed by atoms with Gasteiger partial charge in [-0.05, 0) is 100 Å². The van der Waals surface area contributed by atoms with Gasteiger partial charge in [0.15, 0.2) is 0 Å². The van der Waals surface area contributed by atoms with Crippen molar-refractivity contribution in [3.8, 4) is 0 Å². The summed E-state index contributed by atoms with van der Waals surface area (Å²) in [4.78, 5) is 0. The first-order chi connectivity index (χ1) is 21.0. The number of rotatable bonds is 10. The van der Waals surface area contributed by atoms with E-state index in [9.17, 15) is 0 Å². The van der Waals surface area contributed by atoms with Crippen LogP contribution in [0.2, 0.25) is 0 Å². The molecule has 0 aliphatic rings. The van der Waals surface area contributed by atoms with Gasteiger partial charge in [0.1, 0.15) is 0 Å². The lowest BCUT2D eigenvalue weighted by Gasteiger charge is -2.09. The molecule has 0 fully saturated rings. The van der Waals surface area contributed by atoms with E-state index in [4.69, 9.17) is 0 Å². The minimum absolute atomic E-state index is 0.722. The maximum absolute atomic E-state index is 3.94. The summed E-state index contributed by atoms with van der Waals surface area (Å²) in [5.74, 6) is 0.722. The van der Waals surface area contributed by atoms with Crippen LogP contribution in [0, 0.1) is 26.7 Å². The second kappa shape index (κ2) is 20.9. The lowest BCUT2D eigenvalue weighted by atomic mass is 9.96. The van der Waals surface area contributed by atoms with Crippen molar-refractivity contribution in [2.75, 3.05) is 0 Å².